The molecular weight excluding hydrogens is 344 g/mol. The summed E-state index contributed by atoms with van der Waals surface area (Å²) in [4.78, 5) is 20.2. The summed E-state index contributed by atoms with van der Waals surface area (Å²) < 4.78 is 0.944. The van der Waals surface area contributed by atoms with E-state index in [1.165, 1.54) is 6.33 Å². The van der Waals surface area contributed by atoms with Crippen LogP contribution >= 0.6 is 15.9 Å². The van der Waals surface area contributed by atoms with Crippen molar-refractivity contribution in [3.8, 4) is 0 Å². The summed E-state index contributed by atoms with van der Waals surface area (Å²) in [5, 5.41) is 6.03. The van der Waals surface area contributed by atoms with E-state index in [2.05, 4.69) is 43.5 Å². The number of halogens is 1. The summed E-state index contributed by atoms with van der Waals surface area (Å²) in [6.07, 6.45) is 3.38. The number of carbonyl (C=O) groups excluding carboxylic acids is 1. The van der Waals surface area contributed by atoms with Gasteiger partial charge in [-0.3, -0.25) is 4.79 Å². The average molecular weight is 363 g/mol. The van der Waals surface area contributed by atoms with Gasteiger partial charge >= 0.3 is 0 Å². The first kappa shape index (κ1) is 16.4. The highest BCUT2D eigenvalue weighted by molar-refractivity contribution is 9.10. The average Bonchev–Trinajstić information content (AvgIpc) is 2.50. The van der Waals surface area contributed by atoms with Gasteiger partial charge in [-0.1, -0.05) is 19.4 Å². The van der Waals surface area contributed by atoms with E-state index in [4.69, 9.17) is 0 Å². The molecular formula is C16H19BrN4O. The summed E-state index contributed by atoms with van der Waals surface area (Å²) in [6, 6.07) is 7.63. The number of aromatic nitrogens is 2. The summed E-state index contributed by atoms with van der Waals surface area (Å²) in [5.41, 5.74) is 2.41. The highest BCUT2D eigenvalue weighted by Gasteiger charge is 2.09. The number of aryl methyl sites for hydroxylation is 1. The van der Waals surface area contributed by atoms with E-state index in [9.17, 15) is 4.79 Å². The first-order valence-corrected chi connectivity index (χ1v) is 8.03. The molecule has 2 rings (SSSR count). The molecule has 116 valence electrons. The highest BCUT2D eigenvalue weighted by Crippen LogP contribution is 2.26. The van der Waals surface area contributed by atoms with Gasteiger partial charge in [0.25, 0.3) is 5.91 Å². The molecule has 0 fully saturated rings. The Hall–Kier alpha value is -1.95. The molecule has 0 aliphatic rings. The second-order valence-electron chi connectivity index (χ2n) is 5.01. The molecule has 0 bridgehead atoms. The van der Waals surface area contributed by atoms with Crippen LogP contribution in [0.3, 0.4) is 0 Å². The normalized spacial score (nSPS) is 10.3. The third-order valence-corrected chi connectivity index (χ3v) is 3.76. The van der Waals surface area contributed by atoms with Gasteiger partial charge in [0.2, 0.25) is 0 Å². The number of hydrogen-bond acceptors (Lipinski definition) is 4. The van der Waals surface area contributed by atoms with Crippen LogP contribution in [0.2, 0.25) is 0 Å². The molecule has 0 spiro atoms. The van der Waals surface area contributed by atoms with Gasteiger partial charge in [-0.15, -0.1) is 0 Å². The molecule has 2 N–H and O–H groups in total. The Kier molecular flexibility index (Phi) is 5.89. The zero-order chi connectivity index (χ0) is 15.9. The Bertz CT molecular complexity index is 660. The van der Waals surface area contributed by atoms with Crippen molar-refractivity contribution in [3.63, 3.8) is 0 Å². The fraction of sp³-hybridized carbons (Fsp3) is 0.312. The van der Waals surface area contributed by atoms with Crippen LogP contribution in [0.4, 0.5) is 11.5 Å². The van der Waals surface area contributed by atoms with Crippen LogP contribution < -0.4 is 10.6 Å². The Morgan fingerprint density at radius 2 is 2.09 bits per heavy atom. The molecule has 1 aromatic heterocycles. The van der Waals surface area contributed by atoms with Crippen molar-refractivity contribution in [2.45, 2.75) is 26.7 Å². The number of benzene rings is 1. The number of rotatable bonds is 6. The Morgan fingerprint density at radius 3 is 2.82 bits per heavy atom. The number of amides is 1. The van der Waals surface area contributed by atoms with Crippen molar-refractivity contribution in [2.24, 2.45) is 0 Å². The molecule has 1 aromatic carbocycles. The van der Waals surface area contributed by atoms with Gasteiger partial charge in [0.05, 0.1) is 5.69 Å². The van der Waals surface area contributed by atoms with Crippen LogP contribution in [0.25, 0.3) is 0 Å². The summed E-state index contributed by atoms with van der Waals surface area (Å²) >= 11 is 3.51. The number of nitrogens with zero attached hydrogens (tertiary/aromatic N) is 2. The molecule has 0 saturated heterocycles. The van der Waals surface area contributed by atoms with E-state index in [-0.39, 0.29) is 5.91 Å². The standard InChI is InChI=1S/C16H19BrN4O/c1-3-4-7-18-16(22)14-9-15(20-10-19-14)21-13-6-5-11(2)8-12(13)17/h5-6,8-10H,3-4,7H2,1-2H3,(H,18,22)(H,19,20,21). The minimum Gasteiger partial charge on any atom is -0.351 e. The van der Waals surface area contributed by atoms with Gasteiger partial charge in [0, 0.05) is 17.1 Å². The molecule has 1 heterocycles. The molecule has 0 unspecified atom stereocenters. The van der Waals surface area contributed by atoms with Gasteiger partial charge in [0.1, 0.15) is 17.8 Å². The van der Waals surface area contributed by atoms with Crippen molar-refractivity contribution >= 4 is 33.3 Å². The van der Waals surface area contributed by atoms with Gasteiger partial charge in [-0.05, 0) is 47.0 Å². The molecule has 0 atom stereocenters. The van der Waals surface area contributed by atoms with E-state index in [0.29, 0.717) is 18.1 Å². The van der Waals surface area contributed by atoms with Crippen molar-refractivity contribution < 1.29 is 4.79 Å². The molecule has 0 aliphatic carbocycles. The Labute approximate surface area is 138 Å². The minimum absolute atomic E-state index is 0.179. The maximum Gasteiger partial charge on any atom is 0.270 e. The lowest BCUT2D eigenvalue weighted by atomic mass is 10.2. The van der Waals surface area contributed by atoms with Crippen molar-refractivity contribution in [1.29, 1.82) is 0 Å². The zero-order valence-corrected chi connectivity index (χ0v) is 14.3. The van der Waals surface area contributed by atoms with Gasteiger partial charge in [0.15, 0.2) is 0 Å². The first-order chi connectivity index (χ1) is 10.6. The molecule has 6 heteroatoms. The Balaban J connectivity index is 2.09. The van der Waals surface area contributed by atoms with Gasteiger partial charge < -0.3 is 10.6 Å². The Morgan fingerprint density at radius 1 is 1.27 bits per heavy atom. The second kappa shape index (κ2) is 7.89. The molecule has 0 radical (unpaired) electrons. The fourth-order valence-corrected chi connectivity index (χ4v) is 2.47. The van der Waals surface area contributed by atoms with E-state index < -0.39 is 0 Å². The van der Waals surface area contributed by atoms with Crippen molar-refractivity contribution in [2.75, 3.05) is 11.9 Å². The van der Waals surface area contributed by atoms with Crippen molar-refractivity contribution in [3.05, 3.63) is 46.3 Å². The number of hydrogen-bond donors (Lipinski definition) is 2. The van der Waals surface area contributed by atoms with Crippen LogP contribution in [0.15, 0.2) is 35.1 Å². The first-order valence-electron chi connectivity index (χ1n) is 7.23. The van der Waals surface area contributed by atoms with Gasteiger partial charge in [-0.25, -0.2) is 9.97 Å². The number of nitrogens with one attached hydrogen (secondary N) is 2. The fourth-order valence-electron chi connectivity index (χ4n) is 1.88. The minimum atomic E-state index is -0.179. The monoisotopic (exact) mass is 362 g/mol. The quantitative estimate of drug-likeness (QED) is 0.766. The van der Waals surface area contributed by atoms with E-state index >= 15 is 0 Å². The summed E-state index contributed by atoms with van der Waals surface area (Å²) in [7, 11) is 0. The van der Waals surface area contributed by atoms with E-state index in [0.717, 1.165) is 28.6 Å². The maximum atomic E-state index is 12.0. The van der Waals surface area contributed by atoms with Crippen LogP contribution in [-0.4, -0.2) is 22.4 Å². The summed E-state index contributed by atoms with van der Waals surface area (Å²) in [6.45, 7) is 4.77. The lowest BCUT2D eigenvalue weighted by molar-refractivity contribution is 0.0948. The molecule has 1 amide bonds. The van der Waals surface area contributed by atoms with Crippen LogP contribution in [0, 0.1) is 6.92 Å². The largest absolute Gasteiger partial charge is 0.351 e. The molecule has 0 aliphatic heterocycles. The predicted octanol–water partition coefficient (Wildman–Crippen LogP) is 3.82. The molecule has 22 heavy (non-hydrogen) atoms. The van der Waals surface area contributed by atoms with Crippen LogP contribution in [-0.2, 0) is 0 Å². The van der Waals surface area contributed by atoms with Gasteiger partial charge in [-0.2, -0.15) is 0 Å². The predicted molar refractivity (Wildman–Crippen MR) is 91.4 cm³/mol. The topological polar surface area (TPSA) is 66.9 Å². The molecule has 2 aromatic rings. The summed E-state index contributed by atoms with van der Waals surface area (Å²) in [5.74, 6) is 0.405. The third-order valence-electron chi connectivity index (χ3n) is 3.10. The van der Waals surface area contributed by atoms with Crippen LogP contribution in [0.1, 0.15) is 35.8 Å². The second-order valence-corrected chi connectivity index (χ2v) is 5.86. The molecule has 5 nitrogen and oxygen atoms in total. The molecule has 0 saturated carbocycles. The zero-order valence-electron chi connectivity index (χ0n) is 12.7. The lowest BCUT2D eigenvalue weighted by Gasteiger charge is -2.09. The maximum absolute atomic E-state index is 12.0. The number of anilines is 2. The van der Waals surface area contributed by atoms with E-state index in [1.807, 2.05) is 25.1 Å². The smallest absolute Gasteiger partial charge is 0.270 e. The lowest BCUT2D eigenvalue weighted by Crippen LogP contribution is -2.25. The SMILES string of the molecule is CCCCNC(=O)c1cc(Nc2ccc(C)cc2Br)ncn1. The number of unbranched alkanes of at least 4 members (excludes halogenated alkanes) is 1. The number of carbonyl (C=O) groups is 1. The third kappa shape index (κ3) is 4.53. The highest BCUT2D eigenvalue weighted by atomic mass is 79.9. The van der Waals surface area contributed by atoms with E-state index in [1.54, 1.807) is 6.07 Å². The van der Waals surface area contributed by atoms with Crippen LogP contribution in [0.5, 0.6) is 0 Å². The van der Waals surface area contributed by atoms with Crippen molar-refractivity contribution in [1.82, 2.24) is 15.3 Å².